The Kier molecular flexibility index (Phi) is 14.1. The number of fused-ring (bicyclic) bond motifs is 6. The second kappa shape index (κ2) is 22.6. The number of nitrogens with zero attached hydrogens (tertiary/aromatic N) is 6. The number of aromatic nitrogens is 6. The van der Waals surface area contributed by atoms with Gasteiger partial charge in [-0.2, -0.15) is 0 Å². The van der Waals surface area contributed by atoms with Crippen LogP contribution in [0.5, 0.6) is 0 Å². The van der Waals surface area contributed by atoms with Crippen molar-refractivity contribution < 1.29 is 0 Å². The second-order valence-electron chi connectivity index (χ2n) is 26.8. The van der Waals surface area contributed by atoms with Crippen LogP contribution >= 0.6 is 0 Å². The predicted octanol–water partition coefficient (Wildman–Crippen LogP) is 22.6. The summed E-state index contributed by atoms with van der Waals surface area (Å²) < 4.78 is 4.84. The zero-order chi connectivity index (χ0) is 63.2. The van der Waals surface area contributed by atoms with Gasteiger partial charge < -0.3 is 9.13 Å². The summed E-state index contributed by atoms with van der Waals surface area (Å²) in [6.45, 7) is 22.7. The number of aryl methyl sites for hydroxylation is 4. The molecule has 446 valence electrons. The minimum atomic E-state index is -0.00633. The van der Waals surface area contributed by atoms with Gasteiger partial charge in [0.05, 0.1) is 33.5 Å². The van der Waals surface area contributed by atoms with E-state index in [4.69, 9.17) is 19.9 Å². The van der Waals surface area contributed by atoms with Crippen LogP contribution in [0.15, 0.2) is 255 Å². The van der Waals surface area contributed by atoms with Crippen molar-refractivity contribution in [3.05, 3.63) is 288 Å². The smallest absolute Gasteiger partial charge is 0.164 e. The van der Waals surface area contributed by atoms with Crippen molar-refractivity contribution in [2.45, 2.75) is 80.1 Å². The van der Waals surface area contributed by atoms with Crippen LogP contribution in [0.25, 0.3) is 145 Å². The zero-order valence-electron chi connectivity index (χ0n) is 53.9. The first-order valence-electron chi connectivity index (χ1n) is 32.0. The molecule has 0 saturated heterocycles. The standard InChI is InChI=1S/C86H72N6/c1-53-25-23-26-54(2)75(53)79-78(67-35-17-18-36-68(67)84-89-82(59-29-13-11-14-30-59)88-83(90-84)60-31-15-12-16-32-60)77(57-39-45-63(46-40-57)91-71-37-21-19-33-65(71)69-51-61(85(5,6)7)43-49-73(69)91)81(76-55(3)27-24-28-56(76)4)87-80(79)58-41-47-64(48-42-58)92-72-38-22-20-34-66(72)70-52-62(86(8,9)10)44-50-74(70)92/h11-52H,1-10H3. The molecule has 0 aliphatic rings. The fourth-order valence-corrected chi connectivity index (χ4v) is 14.0. The Morgan fingerprint density at radius 3 is 1.14 bits per heavy atom. The van der Waals surface area contributed by atoms with E-state index in [2.05, 4.69) is 297 Å². The number of hydrogen-bond acceptors (Lipinski definition) is 4. The van der Waals surface area contributed by atoms with Gasteiger partial charge in [-0.1, -0.05) is 236 Å². The zero-order valence-corrected chi connectivity index (χ0v) is 53.9. The number of benzene rings is 11. The molecule has 0 aliphatic heterocycles. The summed E-state index contributed by atoms with van der Waals surface area (Å²) in [5.74, 6) is 1.76. The molecule has 6 nitrogen and oxygen atoms in total. The molecule has 92 heavy (non-hydrogen) atoms. The molecule has 0 aliphatic carbocycles. The molecule has 6 heteroatoms. The third kappa shape index (κ3) is 9.98. The highest BCUT2D eigenvalue weighted by molar-refractivity contribution is 6.12. The summed E-state index contributed by atoms with van der Waals surface area (Å²) in [7, 11) is 0. The topological polar surface area (TPSA) is 61.4 Å². The third-order valence-electron chi connectivity index (χ3n) is 18.7. The molecule has 0 amide bonds. The largest absolute Gasteiger partial charge is 0.309 e. The molecule has 11 aromatic carbocycles. The Morgan fingerprint density at radius 1 is 0.261 bits per heavy atom. The quantitative estimate of drug-likeness (QED) is 0.137. The van der Waals surface area contributed by atoms with Crippen molar-refractivity contribution in [2.24, 2.45) is 0 Å². The number of rotatable bonds is 10. The van der Waals surface area contributed by atoms with E-state index >= 15 is 0 Å². The summed E-state index contributed by atoms with van der Waals surface area (Å²) in [6.07, 6.45) is 0. The van der Waals surface area contributed by atoms with Crippen LogP contribution in [0.3, 0.4) is 0 Å². The lowest BCUT2D eigenvalue weighted by atomic mass is 9.79. The van der Waals surface area contributed by atoms with Crippen LogP contribution in [0.1, 0.15) is 74.9 Å². The number of para-hydroxylation sites is 2. The minimum absolute atomic E-state index is 0.000729. The first kappa shape index (κ1) is 57.6. The van der Waals surface area contributed by atoms with Gasteiger partial charge in [-0.3, -0.25) is 0 Å². The Bertz CT molecular complexity index is 5270. The Balaban J connectivity index is 1.05. The van der Waals surface area contributed by atoms with Crippen molar-refractivity contribution in [3.63, 3.8) is 0 Å². The van der Waals surface area contributed by atoms with Crippen molar-refractivity contribution in [2.75, 3.05) is 0 Å². The van der Waals surface area contributed by atoms with E-state index in [-0.39, 0.29) is 10.8 Å². The lowest BCUT2D eigenvalue weighted by Gasteiger charge is -2.27. The van der Waals surface area contributed by atoms with E-state index < -0.39 is 0 Å². The van der Waals surface area contributed by atoms with Gasteiger partial charge in [-0.05, 0) is 149 Å². The highest BCUT2D eigenvalue weighted by Gasteiger charge is 2.31. The molecule has 0 N–H and O–H groups in total. The van der Waals surface area contributed by atoms with Crippen LogP contribution in [0, 0.1) is 27.7 Å². The molecule has 0 unspecified atom stereocenters. The summed E-state index contributed by atoms with van der Waals surface area (Å²) in [4.78, 5) is 22.4. The first-order chi connectivity index (χ1) is 44.6. The highest BCUT2D eigenvalue weighted by Crippen LogP contribution is 2.53. The van der Waals surface area contributed by atoms with Crippen LogP contribution in [0.4, 0.5) is 0 Å². The molecule has 4 heterocycles. The summed E-state index contributed by atoms with van der Waals surface area (Å²) in [5, 5.41) is 4.95. The first-order valence-corrected chi connectivity index (χ1v) is 32.0. The molecule has 0 radical (unpaired) electrons. The molecule has 15 rings (SSSR count). The molecule has 0 spiro atoms. The monoisotopic (exact) mass is 1190 g/mol. The number of hydrogen-bond donors (Lipinski definition) is 0. The Morgan fingerprint density at radius 2 is 0.663 bits per heavy atom. The van der Waals surface area contributed by atoms with Gasteiger partial charge in [-0.15, -0.1) is 0 Å². The van der Waals surface area contributed by atoms with E-state index in [1.165, 1.54) is 49.2 Å². The fourth-order valence-electron chi connectivity index (χ4n) is 14.0. The van der Waals surface area contributed by atoms with Gasteiger partial charge >= 0.3 is 0 Å². The predicted molar refractivity (Wildman–Crippen MR) is 386 cm³/mol. The Hall–Kier alpha value is -10.8. The van der Waals surface area contributed by atoms with E-state index in [0.717, 1.165) is 112 Å². The van der Waals surface area contributed by atoms with E-state index in [1.54, 1.807) is 0 Å². The lowest BCUT2D eigenvalue weighted by molar-refractivity contribution is 0.591. The molecule has 15 aromatic rings. The van der Waals surface area contributed by atoms with Crippen LogP contribution < -0.4 is 0 Å². The van der Waals surface area contributed by atoms with Gasteiger partial charge in [0.15, 0.2) is 17.5 Å². The average Bonchev–Trinajstić information content (AvgIpc) is 0.974. The highest BCUT2D eigenvalue weighted by atomic mass is 15.0. The van der Waals surface area contributed by atoms with E-state index in [9.17, 15) is 0 Å². The van der Waals surface area contributed by atoms with Crippen molar-refractivity contribution in [1.29, 1.82) is 0 Å². The average molecular weight is 1190 g/mol. The van der Waals surface area contributed by atoms with Gasteiger partial charge in [-0.25, -0.2) is 19.9 Å². The van der Waals surface area contributed by atoms with Gasteiger partial charge in [0.1, 0.15) is 0 Å². The fraction of sp³-hybridized carbons (Fsp3) is 0.140. The van der Waals surface area contributed by atoms with Crippen molar-refractivity contribution in [3.8, 4) is 101 Å². The van der Waals surface area contributed by atoms with E-state index in [1.807, 2.05) is 36.4 Å². The molecule has 0 bridgehead atoms. The summed E-state index contributed by atoms with van der Waals surface area (Å²) in [5.41, 5.74) is 26.7. The van der Waals surface area contributed by atoms with E-state index in [0.29, 0.717) is 17.5 Å². The maximum atomic E-state index is 6.22. The van der Waals surface area contributed by atoms with Crippen molar-refractivity contribution >= 4 is 43.6 Å². The SMILES string of the molecule is Cc1cccc(C)c1-c1nc(-c2ccc(-n3c4ccccc4c4cc(C(C)(C)C)ccc43)cc2)c(-c2c(C)cccc2C)c(-c2ccccc2-c2nc(-c3ccccc3)nc(-c3ccccc3)n2)c1-c1ccc(-n2c3ccccc3c3cc(C(C)(C)C)ccc32)cc1. The van der Waals surface area contributed by atoms with Gasteiger partial charge in [0.25, 0.3) is 0 Å². The molecule has 4 aromatic heterocycles. The molecule has 0 saturated carbocycles. The molecular weight excluding hydrogens is 1120 g/mol. The number of pyridine rings is 1. The molecule has 0 atom stereocenters. The lowest BCUT2D eigenvalue weighted by Crippen LogP contribution is -2.10. The third-order valence-corrected chi connectivity index (χ3v) is 18.7. The summed E-state index contributed by atoms with van der Waals surface area (Å²) in [6, 6.07) is 92.5. The van der Waals surface area contributed by atoms with Crippen LogP contribution in [0.2, 0.25) is 0 Å². The summed E-state index contributed by atoms with van der Waals surface area (Å²) >= 11 is 0. The van der Waals surface area contributed by atoms with Gasteiger partial charge in [0, 0.05) is 77.4 Å². The molecule has 0 fully saturated rings. The van der Waals surface area contributed by atoms with Crippen LogP contribution in [-0.2, 0) is 10.8 Å². The maximum absolute atomic E-state index is 6.22. The van der Waals surface area contributed by atoms with Crippen LogP contribution in [-0.4, -0.2) is 29.1 Å². The minimum Gasteiger partial charge on any atom is -0.309 e. The second-order valence-corrected chi connectivity index (χ2v) is 26.8. The van der Waals surface area contributed by atoms with Crippen molar-refractivity contribution in [1.82, 2.24) is 29.1 Å². The molecular formula is C86H72N6. The normalized spacial score (nSPS) is 12.0. The van der Waals surface area contributed by atoms with Gasteiger partial charge in [0.2, 0.25) is 0 Å². The Labute approximate surface area is 539 Å². The maximum Gasteiger partial charge on any atom is 0.164 e.